The Labute approximate surface area is 74.4 Å². The van der Waals surface area contributed by atoms with Gasteiger partial charge >= 0.3 is 0 Å². The average molecular weight is 166 g/mol. The normalized spacial score (nSPS) is 10.9. The molecule has 0 radical (unpaired) electrons. The van der Waals surface area contributed by atoms with Crippen LogP contribution in [0.25, 0.3) is 0 Å². The smallest absolute Gasteiger partial charge is 0.109 e. The maximum absolute atomic E-state index is 4.30. The van der Waals surface area contributed by atoms with Crippen molar-refractivity contribution in [1.82, 2.24) is 9.97 Å². The van der Waals surface area contributed by atoms with Crippen molar-refractivity contribution < 1.29 is 0 Å². The van der Waals surface area contributed by atoms with Crippen molar-refractivity contribution in [3.63, 3.8) is 0 Å². The number of hydrogen-bond donors (Lipinski definition) is 1. The molecule has 0 saturated carbocycles. The van der Waals surface area contributed by atoms with E-state index in [1.807, 2.05) is 12.4 Å². The van der Waals surface area contributed by atoms with Crippen LogP contribution in [0.3, 0.4) is 0 Å². The van der Waals surface area contributed by atoms with Crippen LogP contribution >= 0.6 is 0 Å². The predicted molar refractivity (Wildman–Crippen MR) is 51.1 cm³/mol. The molecule has 1 aromatic heterocycles. The fourth-order valence-electron chi connectivity index (χ4n) is 1.62. The van der Waals surface area contributed by atoms with Crippen molar-refractivity contribution in [2.75, 3.05) is 0 Å². The molecule has 0 saturated heterocycles. The zero-order chi connectivity index (χ0) is 8.81. The minimum atomic E-state index is 0.648. The Bertz CT molecular complexity index is 186. The van der Waals surface area contributed by atoms with Crippen molar-refractivity contribution in [1.29, 1.82) is 0 Å². The zero-order valence-electron chi connectivity index (χ0n) is 8.01. The van der Waals surface area contributed by atoms with E-state index in [4.69, 9.17) is 0 Å². The van der Waals surface area contributed by atoms with Gasteiger partial charge in [-0.15, -0.1) is 0 Å². The Balaban J connectivity index is 2.53. The Hall–Kier alpha value is -0.790. The Morgan fingerprint density at radius 1 is 1.33 bits per heavy atom. The maximum atomic E-state index is 4.30. The summed E-state index contributed by atoms with van der Waals surface area (Å²) < 4.78 is 0. The molecule has 0 aliphatic rings. The first-order valence-electron chi connectivity index (χ1n) is 4.87. The lowest BCUT2D eigenvalue weighted by molar-refractivity contribution is 0.538. The number of rotatable bonds is 5. The quantitative estimate of drug-likeness (QED) is 0.715. The molecule has 0 aliphatic carbocycles. The molecular weight excluding hydrogens is 148 g/mol. The second-order valence-corrected chi connectivity index (χ2v) is 3.25. The topological polar surface area (TPSA) is 28.7 Å². The number of H-pyrrole nitrogens is 1. The van der Waals surface area contributed by atoms with Crippen LogP contribution in [0.2, 0.25) is 0 Å². The highest BCUT2D eigenvalue weighted by molar-refractivity contribution is 4.96. The molecule has 0 unspecified atom stereocenters. The molecule has 1 N–H and O–H groups in total. The summed E-state index contributed by atoms with van der Waals surface area (Å²) in [5, 5.41) is 0. The molecule has 2 nitrogen and oxygen atoms in total. The van der Waals surface area contributed by atoms with E-state index < -0.39 is 0 Å². The zero-order valence-corrected chi connectivity index (χ0v) is 8.01. The molecule has 1 heterocycles. The van der Waals surface area contributed by atoms with Gasteiger partial charge in [0.2, 0.25) is 0 Å². The standard InChI is InChI=1S/C10H18N2/c1-3-5-9(6-4-2)10-11-7-8-12-10/h7-9H,3-6H2,1-2H3,(H,11,12). The highest BCUT2D eigenvalue weighted by Crippen LogP contribution is 2.22. The average Bonchev–Trinajstić information content (AvgIpc) is 2.56. The number of nitrogens with one attached hydrogen (secondary N) is 1. The lowest BCUT2D eigenvalue weighted by atomic mass is 9.98. The van der Waals surface area contributed by atoms with Crippen LogP contribution in [0.4, 0.5) is 0 Å². The van der Waals surface area contributed by atoms with Gasteiger partial charge in [0.05, 0.1) is 0 Å². The lowest BCUT2D eigenvalue weighted by Crippen LogP contribution is -2.00. The molecule has 0 spiro atoms. The van der Waals surface area contributed by atoms with Crippen LogP contribution in [-0.2, 0) is 0 Å². The molecule has 2 heteroatoms. The number of nitrogens with zero attached hydrogens (tertiary/aromatic N) is 1. The van der Waals surface area contributed by atoms with E-state index in [2.05, 4.69) is 23.8 Å². The maximum Gasteiger partial charge on any atom is 0.109 e. The monoisotopic (exact) mass is 166 g/mol. The molecule has 1 rings (SSSR count). The summed E-state index contributed by atoms with van der Waals surface area (Å²) in [5.74, 6) is 1.81. The van der Waals surface area contributed by atoms with Crippen molar-refractivity contribution in [2.24, 2.45) is 0 Å². The fourth-order valence-corrected chi connectivity index (χ4v) is 1.62. The fraction of sp³-hybridized carbons (Fsp3) is 0.700. The summed E-state index contributed by atoms with van der Waals surface area (Å²) in [6.07, 6.45) is 8.74. The van der Waals surface area contributed by atoms with E-state index in [-0.39, 0.29) is 0 Å². The Morgan fingerprint density at radius 2 is 2.00 bits per heavy atom. The van der Waals surface area contributed by atoms with E-state index in [0.29, 0.717) is 5.92 Å². The van der Waals surface area contributed by atoms with Gasteiger partial charge in [-0.1, -0.05) is 26.7 Å². The minimum Gasteiger partial charge on any atom is -0.348 e. The van der Waals surface area contributed by atoms with Crippen LogP contribution in [0.1, 0.15) is 51.3 Å². The summed E-state index contributed by atoms with van der Waals surface area (Å²) in [5.41, 5.74) is 0. The molecule has 0 aromatic carbocycles. The van der Waals surface area contributed by atoms with E-state index in [1.54, 1.807) is 0 Å². The summed E-state index contributed by atoms with van der Waals surface area (Å²) in [4.78, 5) is 7.49. The van der Waals surface area contributed by atoms with Gasteiger partial charge in [-0.05, 0) is 12.8 Å². The van der Waals surface area contributed by atoms with Crippen molar-refractivity contribution >= 4 is 0 Å². The lowest BCUT2D eigenvalue weighted by Gasteiger charge is -2.11. The number of hydrogen-bond acceptors (Lipinski definition) is 1. The second kappa shape index (κ2) is 4.96. The Morgan fingerprint density at radius 3 is 2.42 bits per heavy atom. The third-order valence-electron chi connectivity index (χ3n) is 2.18. The third-order valence-corrected chi connectivity index (χ3v) is 2.18. The number of imidazole rings is 1. The molecular formula is C10H18N2. The van der Waals surface area contributed by atoms with Gasteiger partial charge in [0, 0.05) is 18.3 Å². The van der Waals surface area contributed by atoms with Crippen molar-refractivity contribution in [3.05, 3.63) is 18.2 Å². The molecule has 1 aromatic rings. The van der Waals surface area contributed by atoms with Gasteiger partial charge in [0.15, 0.2) is 0 Å². The van der Waals surface area contributed by atoms with Crippen molar-refractivity contribution in [2.45, 2.75) is 45.4 Å². The van der Waals surface area contributed by atoms with E-state index in [1.165, 1.54) is 31.5 Å². The van der Waals surface area contributed by atoms with Crippen LogP contribution < -0.4 is 0 Å². The number of aromatic nitrogens is 2. The van der Waals surface area contributed by atoms with Gasteiger partial charge in [-0.25, -0.2) is 4.98 Å². The first-order valence-corrected chi connectivity index (χ1v) is 4.87. The molecule has 68 valence electrons. The third kappa shape index (κ3) is 2.36. The summed E-state index contributed by atoms with van der Waals surface area (Å²) in [6, 6.07) is 0. The molecule has 0 bridgehead atoms. The number of aromatic amines is 1. The van der Waals surface area contributed by atoms with Crippen LogP contribution in [0.5, 0.6) is 0 Å². The molecule has 0 amide bonds. The highest BCUT2D eigenvalue weighted by atomic mass is 14.9. The van der Waals surface area contributed by atoms with Crippen LogP contribution in [-0.4, -0.2) is 9.97 Å². The van der Waals surface area contributed by atoms with E-state index in [0.717, 1.165) is 0 Å². The van der Waals surface area contributed by atoms with Crippen LogP contribution in [0.15, 0.2) is 12.4 Å². The highest BCUT2D eigenvalue weighted by Gasteiger charge is 2.10. The van der Waals surface area contributed by atoms with Gasteiger partial charge in [-0.3, -0.25) is 0 Å². The van der Waals surface area contributed by atoms with E-state index in [9.17, 15) is 0 Å². The molecule has 12 heavy (non-hydrogen) atoms. The SMILES string of the molecule is CCCC(CCC)c1ncc[nH]1. The summed E-state index contributed by atoms with van der Waals surface area (Å²) in [7, 11) is 0. The van der Waals surface area contributed by atoms with E-state index >= 15 is 0 Å². The Kier molecular flexibility index (Phi) is 3.85. The minimum absolute atomic E-state index is 0.648. The first kappa shape index (κ1) is 9.30. The van der Waals surface area contributed by atoms with Gasteiger partial charge in [-0.2, -0.15) is 0 Å². The van der Waals surface area contributed by atoms with Gasteiger partial charge < -0.3 is 4.98 Å². The van der Waals surface area contributed by atoms with Gasteiger partial charge in [0.25, 0.3) is 0 Å². The first-order chi connectivity index (χ1) is 5.88. The molecule has 0 aliphatic heterocycles. The molecule has 0 atom stereocenters. The van der Waals surface area contributed by atoms with Gasteiger partial charge in [0.1, 0.15) is 5.82 Å². The second-order valence-electron chi connectivity index (χ2n) is 3.25. The summed E-state index contributed by atoms with van der Waals surface area (Å²) in [6.45, 7) is 4.46. The predicted octanol–water partition coefficient (Wildman–Crippen LogP) is 3.09. The van der Waals surface area contributed by atoms with Crippen molar-refractivity contribution in [3.8, 4) is 0 Å². The largest absolute Gasteiger partial charge is 0.348 e. The van der Waals surface area contributed by atoms with Crippen LogP contribution in [0, 0.1) is 0 Å². The summed E-state index contributed by atoms with van der Waals surface area (Å²) >= 11 is 0. The molecule has 0 fully saturated rings.